The molecule has 0 saturated carbocycles. The molecule has 1 aliphatic rings. The lowest BCUT2D eigenvalue weighted by Crippen LogP contribution is -2.28. The van der Waals surface area contributed by atoms with Crippen molar-refractivity contribution in [1.82, 2.24) is 10.2 Å². The molecule has 2 amide bonds. The summed E-state index contributed by atoms with van der Waals surface area (Å²) in [5, 5.41) is 12.5. The minimum absolute atomic E-state index is 0.122. The van der Waals surface area contributed by atoms with Crippen molar-refractivity contribution < 1.29 is 19.1 Å². The van der Waals surface area contributed by atoms with Crippen molar-refractivity contribution in [2.24, 2.45) is 5.92 Å². The highest BCUT2D eigenvalue weighted by molar-refractivity contribution is 7.15. The number of nitrogens with one attached hydrogen (secondary N) is 1. The van der Waals surface area contributed by atoms with Gasteiger partial charge >= 0.3 is 0 Å². The van der Waals surface area contributed by atoms with E-state index in [4.69, 9.17) is 9.47 Å². The van der Waals surface area contributed by atoms with Crippen LogP contribution in [0.4, 0.5) is 10.8 Å². The minimum atomic E-state index is -0.463. The fourth-order valence-corrected chi connectivity index (χ4v) is 4.20. The Morgan fingerprint density at radius 2 is 2.14 bits per heavy atom. The maximum atomic E-state index is 12.7. The number of rotatable bonds is 8. The van der Waals surface area contributed by atoms with Crippen LogP contribution < -0.4 is 19.7 Å². The predicted molar refractivity (Wildman–Crippen MR) is 112 cm³/mol. The molecule has 0 bridgehead atoms. The molecule has 1 N–H and O–H groups in total. The standard InChI is InChI=1S/C20H26N4O4S/c1-5-6-12(2)19-22-23-20(29-19)21-18(26)13-9-17(25)24(11-13)15-8-7-14(27-3)10-16(15)28-4/h7-8,10,12-13H,5-6,9,11H2,1-4H3,(H,21,23,26)/t12-,13+/m1/s1. The van der Waals surface area contributed by atoms with Crippen molar-refractivity contribution in [3.8, 4) is 11.5 Å². The van der Waals surface area contributed by atoms with Gasteiger partial charge in [-0.25, -0.2) is 0 Å². The van der Waals surface area contributed by atoms with Crippen molar-refractivity contribution in [2.75, 3.05) is 31.0 Å². The molecule has 156 valence electrons. The Morgan fingerprint density at radius 1 is 1.34 bits per heavy atom. The van der Waals surface area contributed by atoms with Gasteiger partial charge in [0.25, 0.3) is 0 Å². The number of carbonyl (C=O) groups excluding carboxylic acids is 2. The van der Waals surface area contributed by atoms with Crippen LogP contribution in [0.25, 0.3) is 0 Å². The van der Waals surface area contributed by atoms with Crippen molar-refractivity contribution in [2.45, 2.75) is 39.0 Å². The lowest BCUT2D eigenvalue weighted by Gasteiger charge is -2.20. The first-order valence-corrected chi connectivity index (χ1v) is 10.4. The van der Waals surface area contributed by atoms with E-state index in [0.717, 1.165) is 17.8 Å². The van der Waals surface area contributed by atoms with Gasteiger partial charge in [0.05, 0.1) is 25.8 Å². The average molecular weight is 419 g/mol. The molecule has 0 aliphatic carbocycles. The fourth-order valence-electron chi connectivity index (χ4n) is 3.37. The molecule has 1 saturated heterocycles. The zero-order valence-electron chi connectivity index (χ0n) is 17.1. The molecule has 1 aromatic carbocycles. The van der Waals surface area contributed by atoms with Crippen LogP contribution in [0.1, 0.15) is 44.0 Å². The van der Waals surface area contributed by atoms with E-state index in [1.165, 1.54) is 18.4 Å². The lowest BCUT2D eigenvalue weighted by molar-refractivity contribution is -0.122. The van der Waals surface area contributed by atoms with E-state index >= 15 is 0 Å². The van der Waals surface area contributed by atoms with Gasteiger partial charge in [-0.3, -0.25) is 9.59 Å². The van der Waals surface area contributed by atoms with E-state index in [1.807, 2.05) is 0 Å². The smallest absolute Gasteiger partial charge is 0.231 e. The van der Waals surface area contributed by atoms with Crippen molar-refractivity contribution in [3.63, 3.8) is 0 Å². The van der Waals surface area contributed by atoms with Gasteiger partial charge in [0.15, 0.2) is 0 Å². The zero-order chi connectivity index (χ0) is 21.0. The van der Waals surface area contributed by atoms with Crippen LogP contribution >= 0.6 is 11.3 Å². The molecule has 2 aromatic rings. The number of benzene rings is 1. The Morgan fingerprint density at radius 3 is 2.83 bits per heavy atom. The van der Waals surface area contributed by atoms with Gasteiger partial charge < -0.3 is 19.7 Å². The van der Waals surface area contributed by atoms with E-state index in [0.29, 0.717) is 28.2 Å². The van der Waals surface area contributed by atoms with Crippen molar-refractivity contribution in [3.05, 3.63) is 23.2 Å². The molecule has 3 rings (SSSR count). The summed E-state index contributed by atoms with van der Waals surface area (Å²) in [4.78, 5) is 26.8. The SMILES string of the molecule is CCC[C@@H](C)c1nnc(NC(=O)[C@H]2CC(=O)N(c3ccc(OC)cc3OC)C2)s1. The number of anilines is 2. The maximum Gasteiger partial charge on any atom is 0.231 e. The molecular weight excluding hydrogens is 392 g/mol. The van der Waals surface area contributed by atoms with E-state index in [-0.39, 0.29) is 24.8 Å². The topological polar surface area (TPSA) is 93.7 Å². The molecule has 8 nitrogen and oxygen atoms in total. The normalized spacial score (nSPS) is 17.3. The number of methoxy groups -OCH3 is 2. The number of amides is 2. The Balaban J connectivity index is 1.68. The molecule has 29 heavy (non-hydrogen) atoms. The van der Waals surface area contributed by atoms with Crippen LogP contribution in [0, 0.1) is 5.92 Å². The third kappa shape index (κ3) is 4.67. The largest absolute Gasteiger partial charge is 0.497 e. The lowest BCUT2D eigenvalue weighted by atomic mass is 10.1. The molecular formula is C20H26N4O4S. The molecule has 1 aliphatic heterocycles. The summed E-state index contributed by atoms with van der Waals surface area (Å²) in [6.45, 7) is 4.51. The van der Waals surface area contributed by atoms with Gasteiger partial charge in [-0.15, -0.1) is 10.2 Å². The first kappa shape index (κ1) is 21.0. The first-order valence-electron chi connectivity index (χ1n) is 9.63. The van der Waals surface area contributed by atoms with E-state index in [9.17, 15) is 9.59 Å². The van der Waals surface area contributed by atoms with Gasteiger partial charge in [0.2, 0.25) is 16.9 Å². The van der Waals surface area contributed by atoms with Crippen LogP contribution in [-0.4, -0.2) is 42.8 Å². The Bertz CT molecular complexity index is 885. The van der Waals surface area contributed by atoms with Gasteiger partial charge in [0.1, 0.15) is 16.5 Å². The van der Waals surface area contributed by atoms with Crippen molar-refractivity contribution in [1.29, 1.82) is 0 Å². The highest BCUT2D eigenvalue weighted by Gasteiger charge is 2.36. The summed E-state index contributed by atoms with van der Waals surface area (Å²) in [6, 6.07) is 5.25. The van der Waals surface area contributed by atoms with Crippen LogP contribution in [0.15, 0.2) is 18.2 Å². The van der Waals surface area contributed by atoms with Gasteiger partial charge in [-0.05, 0) is 18.6 Å². The summed E-state index contributed by atoms with van der Waals surface area (Å²) in [5.74, 6) is 0.666. The number of hydrogen-bond acceptors (Lipinski definition) is 7. The number of nitrogens with zero attached hydrogens (tertiary/aromatic N) is 3. The third-order valence-electron chi connectivity index (χ3n) is 4.99. The highest BCUT2D eigenvalue weighted by Crippen LogP contribution is 2.36. The van der Waals surface area contributed by atoms with E-state index < -0.39 is 5.92 Å². The van der Waals surface area contributed by atoms with Crippen molar-refractivity contribution >= 4 is 34.0 Å². The van der Waals surface area contributed by atoms with Gasteiger partial charge in [-0.2, -0.15) is 0 Å². The van der Waals surface area contributed by atoms with E-state index in [1.54, 1.807) is 30.2 Å². The summed E-state index contributed by atoms with van der Waals surface area (Å²) in [7, 11) is 3.10. The number of carbonyl (C=O) groups is 2. The number of hydrogen-bond donors (Lipinski definition) is 1. The predicted octanol–water partition coefficient (Wildman–Crippen LogP) is 3.45. The Kier molecular flexibility index (Phi) is 6.68. The highest BCUT2D eigenvalue weighted by atomic mass is 32.1. The Labute approximate surface area is 174 Å². The van der Waals surface area contributed by atoms with Crippen LogP contribution in [0.3, 0.4) is 0 Å². The molecule has 9 heteroatoms. The molecule has 0 unspecified atom stereocenters. The van der Waals surface area contributed by atoms with Crippen LogP contribution in [0.5, 0.6) is 11.5 Å². The second-order valence-corrected chi connectivity index (χ2v) is 8.08. The first-order chi connectivity index (χ1) is 14.0. The maximum absolute atomic E-state index is 12.7. The zero-order valence-corrected chi connectivity index (χ0v) is 17.9. The summed E-state index contributed by atoms with van der Waals surface area (Å²) in [5.41, 5.74) is 0.625. The molecule has 1 fully saturated rings. The van der Waals surface area contributed by atoms with Gasteiger partial charge in [0, 0.05) is 24.9 Å². The monoisotopic (exact) mass is 418 g/mol. The molecule has 2 atom stereocenters. The van der Waals surface area contributed by atoms with E-state index in [2.05, 4.69) is 29.4 Å². The molecule has 2 heterocycles. The summed E-state index contributed by atoms with van der Waals surface area (Å²) >= 11 is 1.39. The quantitative estimate of drug-likeness (QED) is 0.706. The molecule has 1 aromatic heterocycles. The summed E-state index contributed by atoms with van der Waals surface area (Å²) in [6.07, 6.45) is 2.23. The second-order valence-electron chi connectivity index (χ2n) is 7.07. The minimum Gasteiger partial charge on any atom is -0.497 e. The van der Waals surface area contributed by atoms with Crippen LogP contribution in [-0.2, 0) is 9.59 Å². The molecule has 0 radical (unpaired) electrons. The average Bonchev–Trinajstić information content (AvgIpc) is 3.34. The summed E-state index contributed by atoms with van der Waals surface area (Å²) < 4.78 is 10.6. The second kappa shape index (κ2) is 9.21. The fraction of sp³-hybridized carbons (Fsp3) is 0.500. The number of aromatic nitrogens is 2. The Hall–Kier alpha value is -2.68. The van der Waals surface area contributed by atoms with Gasteiger partial charge in [-0.1, -0.05) is 31.6 Å². The molecule has 0 spiro atoms. The number of ether oxygens (including phenoxy) is 2. The third-order valence-corrected chi connectivity index (χ3v) is 6.06. The van der Waals surface area contributed by atoms with Crippen LogP contribution in [0.2, 0.25) is 0 Å².